The van der Waals surface area contributed by atoms with E-state index in [4.69, 9.17) is 19.8 Å². The normalized spacial score (nSPS) is 10.3. The number of carbonyl (C=O) groups is 2. The second-order valence-corrected chi connectivity index (χ2v) is 4.86. The van der Waals surface area contributed by atoms with Gasteiger partial charge in [0.15, 0.2) is 0 Å². The highest BCUT2D eigenvalue weighted by Gasteiger charge is 2.06. The minimum absolute atomic E-state index is 0.633. The maximum absolute atomic E-state index is 9.10. The molecule has 6 heteroatoms. The number of H-pyrrole nitrogens is 1. The van der Waals surface area contributed by atoms with Crippen LogP contribution in [0.15, 0.2) is 30.5 Å². The molecule has 120 valence electrons. The van der Waals surface area contributed by atoms with Gasteiger partial charge in [-0.25, -0.2) is 9.59 Å². The van der Waals surface area contributed by atoms with Crippen LogP contribution in [0.5, 0.6) is 0 Å². The fourth-order valence-electron chi connectivity index (χ4n) is 2.11. The van der Waals surface area contributed by atoms with E-state index >= 15 is 0 Å². The number of carboxylic acid groups (broad SMARTS) is 2. The van der Waals surface area contributed by atoms with E-state index in [9.17, 15) is 0 Å². The first-order valence-electron chi connectivity index (χ1n) is 7.24. The van der Waals surface area contributed by atoms with Gasteiger partial charge in [-0.2, -0.15) is 0 Å². The molecule has 4 N–H and O–H groups in total. The van der Waals surface area contributed by atoms with Crippen molar-refractivity contribution in [2.75, 3.05) is 0 Å². The van der Waals surface area contributed by atoms with E-state index in [0.717, 1.165) is 6.54 Å². The van der Waals surface area contributed by atoms with E-state index in [2.05, 4.69) is 54.6 Å². The van der Waals surface area contributed by atoms with Crippen LogP contribution in [0.25, 0.3) is 10.9 Å². The molecule has 0 unspecified atom stereocenters. The van der Waals surface area contributed by atoms with Gasteiger partial charge in [-0.05, 0) is 24.5 Å². The number of para-hydroxylation sites is 1. The Labute approximate surface area is 129 Å². The van der Waals surface area contributed by atoms with Gasteiger partial charge in [0.05, 0.1) is 0 Å². The van der Waals surface area contributed by atoms with Crippen molar-refractivity contribution in [3.05, 3.63) is 36.0 Å². The SMILES string of the molecule is CCC(CC)NCc1c[nH]c2ccccc12.O=C(O)C(=O)O. The molecular weight excluding hydrogens is 284 g/mol. The van der Waals surface area contributed by atoms with E-state index in [-0.39, 0.29) is 0 Å². The summed E-state index contributed by atoms with van der Waals surface area (Å²) < 4.78 is 0. The maximum Gasteiger partial charge on any atom is 0.414 e. The average molecular weight is 306 g/mol. The van der Waals surface area contributed by atoms with Crippen LogP contribution in [0.4, 0.5) is 0 Å². The third-order valence-electron chi connectivity index (χ3n) is 3.42. The van der Waals surface area contributed by atoms with E-state index in [0.29, 0.717) is 6.04 Å². The third-order valence-corrected chi connectivity index (χ3v) is 3.42. The summed E-state index contributed by atoms with van der Waals surface area (Å²) >= 11 is 0. The highest BCUT2D eigenvalue weighted by atomic mass is 16.4. The van der Waals surface area contributed by atoms with Gasteiger partial charge in [0.25, 0.3) is 0 Å². The first kappa shape index (κ1) is 17.7. The number of nitrogens with one attached hydrogen (secondary N) is 2. The molecule has 0 fully saturated rings. The molecule has 1 aromatic heterocycles. The van der Waals surface area contributed by atoms with Gasteiger partial charge in [0.1, 0.15) is 0 Å². The van der Waals surface area contributed by atoms with Crippen LogP contribution in [0, 0.1) is 0 Å². The zero-order chi connectivity index (χ0) is 16.5. The molecule has 0 bridgehead atoms. The van der Waals surface area contributed by atoms with Crippen LogP contribution in [0.3, 0.4) is 0 Å². The van der Waals surface area contributed by atoms with Crippen LogP contribution in [-0.2, 0) is 16.1 Å². The molecule has 0 saturated heterocycles. The summed E-state index contributed by atoms with van der Waals surface area (Å²) in [4.78, 5) is 21.5. The third kappa shape index (κ3) is 5.21. The molecule has 0 radical (unpaired) electrons. The lowest BCUT2D eigenvalue weighted by Crippen LogP contribution is -2.26. The molecule has 0 saturated carbocycles. The molecule has 0 aliphatic rings. The summed E-state index contributed by atoms with van der Waals surface area (Å²) in [6.45, 7) is 5.42. The van der Waals surface area contributed by atoms with Gasteiger partial charge in [-0.3, -0.25) is 0 Å². The van der Waals surface area contributed by atoms with Crippen molar-refractivity contribution in [1.82, 2.24) is 10.3 Å². The predicted octanol–water partition coefficient (Wildman–Crippen LogP) is 2.60. The lowest BCUT2D eigenvalue weighted by molar-refractivity contribution is -0.159. The Hall–Kier alpha value is -2.34. The minimum Gasteiger partial charge on any atom is -0.473 e. The second-order valence-electron chi connectivity index (χ2n) is 4.86. The fourth-order valence-corrected chi connectivity index (χ4v) is 2.11. The largest absolute Gasteiger partial charge is 0.473 e. The van der Waals surface area contributed by atoms with Crippen molar-refractivity contribution in [1.29, 1.82) is 0 Å². The van der Waals surface area contributed by atoms with E-state index < -0.39 is 11.9 Å². The predicted molar refractivity (Wildman–Crippen MR) is 84.8 cm³/mol. The topological polar surface area (TPSA) is 102 Å². The number of hydrogen-bond acceptors (Lipinski definition) is 3. The molecule has 0 spiro atoms. The van der Waals surface area contributed by atoms with Crippen molar-refractivity contribution in [3.8, 4) is 0 Å². The van der Waals surface area contributed by atoms with Crippen LogP contribution in [0.2, 0.25) is 0 Å². The van der Waals surface area contributed by atoms with Gasteiger partial charge in [0, 0.05) is 29.7 Å². The quantitative estimate of drug-likeness (QED) is 0.636. The van der Waals surface area contributed by atoms with Gasteiger partial charge >= 0.3 is 11.9 Å². The van der Waals surface area contributed by atoms with Crippen LogP contribution < -0.4 is 5.32 Å². The summed E-state index contributed by atoms with van der Waals surface area (Å²) in [5.74, 6) is -3.65. The molecule has 0 amide bonds. The van der Waals surface area contributed by atoms with Gasteiger partial charge in [0.2, 0.25) is 0 Å². The Morgan fingerprint density at radius 2 is 1.73 bits per heavy atom. The number of aromatic nitrogens is 1. The Kier molecular flexibility index (Phi) is 7.12. The smallest absolute Gasteiger partial charge is 0.414 e. The van der Waals surface area contributed by atoms with E-state index in [1.165, 1.54) is 29.3 Å². The van der Waals surface area contributed by atoms with Crippen molar-refractivity contribution < 1.29 is 19.8 Å². The first-order chi connectivity index (χ1) is 10.5. The summed E-state index contributed by atoms with van der Waals surface area (Å²) in [7, 11) is 0. The standard InChI is InChI=1S/C14H20N2.C2H2O4/c1-3-12(4-2)15-9-11-10-16-14-8-6-5-7-13(11)14;3-1(4)2(5)6/h5-8,10,12,15-16H,3-4,9H2,1-2H3;(H,3,4)(H,5,6). The fraction of sp³-hybridized carbons (Fsp3) is 0.375. The number of aliphatic carboxylic acids is 2. The molecule has 0 aliphatic heterocycles. The van der Waals surface area contributed by atoms with Crippen molar-refractivity contribution >= 4 is 22.8 Å². The molecule has 1 heterocycles. The Morgan fingerprint density at radius 1 is 1.14 bits per heavy atom. The van der Waals surface area contributed by atoms with Gasteiger partial charge in [-0.1, -0.05) is 32.0 Å². The lowest BCUT2D eigenvalue weighted by atomic mass is 10.1. The highest BCUT2D eigenvalue weighted by Crippen LogP contribution is 2.17. The number of benzene rings is 1. The molecule has 0 atom stereocenters. The average Bonchev–Trinajstić information content (AvgIpc) is 2.92. The number of carboxylic acids is 2. The second kappa shape index (κ2) is 8.84. The van der Waals surface area contributed by atoms with Crippen molar-refractivity contribution in [3.63, 3.8) is 0 Å². The van der Waals surface area contributed by atoms with Crippen LogP contribution in [0.1, 0.15) is 32.3 Å². The van der Waals surface area contributed by atoms with Gasteiger partial charge < -0.3 is 20.5 Å². The zero-order valence-corrected chi connectivity index (χ0v) is 12.8. The number of hydrogen-bond donors (Lipinski definition) is 4. The maximum atomic E-state index is 9.10. The molecule has 2 aromatic rings. The lowest BCUT2D eigenvalue weighted by Gasteiger charge is -2.13. The molecule has 6 nitrogen and oxygen atoms in total. The van der Waals surface area contributed by atoms with Crippen molar-refractivity contribution in [2.24, 2.45) is 0 Å². The van der Waals surface area contributed by atoms with E-state index in [1.807, 2.05) is 0 Å². The highest BCUT2D eigenvalue weighted by molar-refractivity contribution is 6.27. The number of rotatable bonds is 5. The number of fused-ring (bicyclic) bond motifs is 1. The van der Waals surface area contributed by atoms with Crippen molar-refractivity contribution in [2.45, 2.75) is 39.3 Å². The summed E-state index contributed by atoms with van der Waals surface area (Å²) in [6, 6.07) is 9.09. The monoisotopic (exact) mass is 306 g/mol. The molecular formula is C16H22N2O4. The summed E-state index contributed by atoms with van der Waals surface area (Å²) in [5, 5.41) is 19.7. The van der Waals surface area contributed by atoms with Crippen LogP contribution >= 0.6 is 0 Å². The Balaban J connectivity index is 0.000000346. The molecule has 2 rings (SSSR count). The van der Waals surface area contributed by atoms with Crippen LogP contribution in [-0.4, -0.2) is 33.2 Å². The number of aromatic amines is 1. The van der Waals surface area contributed by atoms with Gasteiger partial charge in [-0.15, -0.1) is 0 Å². The molecule has 0 aliphatic carbocycles. The first-order valence-corrected chi connectivity index (χ1v) is 7.24. The Bertz CT molecular complexity index is 605. The van der Waals surface area contributed by atoms with E-state index in [1.54, 1.807) is 0 Å². The Morgan fingerprint density at radius 3 is 2.27 bits per heavy atom. The summed E-state index contributed by atoms with van der Waals surface area (Å²) in [5.41, 5.74) is 2.59. The zero-order valence-electron chi connectivity index (χ0n) is 12.8. The summed E-state index contributed by atoms with van der Waals surface area (Å²) in [6.07, 6.45) is 4.50. The minimum atomic E-state index is -1.82. The molecule has 1 aromatic carbocycles. The molecule has 22 heavy (non-hydrogen) atoms.